The van der Waals surface area contributed by atoms with Crippen LogP contribution >= 0.6 is 0 Å². The maximum Gasteiger partial charge on any atom is 0.228 e. The van der Waals surface area contributed by atoms with Crippen molar-refractivity contribution in [2.45, 2.75) is 19.9 Å². The van der Waals surface area contributed by atoms with Gasteiger partial charge in [-0.2, -0.15) is 4.98 Å². The SMILES string of the molecule is CN=C(NCCc1nc(C)no1)N1CCN(Cc2cc(OC)ccc2OC)CC1. The van der Waals surface area contributed by atoms with Crippen molar-refractivity contribution >= 4 is 5.96 Å². The lowest BCUT2D eigenvalue weighted by atomic mass is 10.1. The molecule has 1 aliphatic heterocycles. The van der Waals surface area contributed by atoms with Crippen LogP contribution in [0.15, 0.2) is 27.7 Å². The van der Waals surface area contributed by atoms with Crippen LogP contribution in [-0.4, -0.2) is 79.9 Å². The fraction of sp³-hybridized carbons (Fsp3) is 0.550. The monoisotopic (exact) mass is 402 g/mol. The van der Waals surface area contributed by atoms with Gasteiger partial charge in [-0.25, -0.2) is 0 Å². The summed E-state index contributed by atoms with van der Waals surface area (Å²) in [6.45, 7) is 7.07. The molecule has 1 N–H and O–H groups in total. The Bertz CT molecular complexity index is 814. The van der Waals surface area contributed by atoms with Gasteiger partial charge in [0.05, 0.1) is 14.2 Å². The first kappa shape index (κ1) is 20.9. The minimum absolute atomic E-state index is 0.641. The highest BCUT2D eigenvalue weighted by atomic mass is 16.5. The minimum atomic E-state index is 0.641. The third-order valence-corrected chi connectivity index (χ3v) is 4.96. The zero-order valence-electron chi connectivity index (χ0n) is 17.6. The number of aromatic nitrogens is 2. The van der Waals surface area contributed by atoms with Crippen molar-refractivity contribution in [3.05, 3.63) is 35.5 Å². The smallest absolute Gasteiger partial charge is 0.228 e. The summed E-state index contributed by atoms with van der Waals surface area (Å²) in [5, 5.41) is 7.20. The normalized spacial score (nSPS) is 15.4. The molecule has 3 rings (SSSR count). The first-order valence-corrected chi connectivity index (χ1v) is 9.81. The fourth-order valence-corrected chi connectivity index (χ4v) is 3.42. The van der Waals surface area contributed by atoms with E-state index < -0.39 is 0 Å². The molecule has 0 atom stereocenters. The van der Waals surface area contributed by atoms with E-state index in [9.17, 15) is 0 Å². The molecule has 9 heteroatoms. The van der Waals surface area contributed by atoms with E-state index >= 15 is 0 Å². The Morgan fingerprint density at radius 1 is 1.21 bits per heavy atom. The maximum absolute atomic E-state index is 5.51. The van der Waals surface area contributed by atoms with Crippen molar-refractivity contribution in [3.63, 3.8) is 0 Å². The van der Waals surface area contributed by atoms with Crippen LogP contribution in [0.25, 0.3) is 0 Å². The average Bonchev–Trinajstić information content (AvgIpc) is 3.17. The summed E-state index contributed by atoms with van der Waals surface area (Å²) < 4.78 is 16.0. The Morgan fingerprint density at radius 2 is 2.00 bits per heavy atom. The van der Waals surface area contributed by atoms with Crippen molar-refractivity contribution in [1.82, 2.24) is 25.3 Å². The molecule has 0 amide bonds. The molecule has 0 saturated carbocycles. The summed E-state index contributed by atoms with van der Waals surface area (Å²) >= 11 is 0. The van der Waals surface area contributed by atoms with Gasteiger partial charge in [-0.3, -0.25) is 9.89 Å². The van der Waals surface area contributed by atoms with Crippen molar-refractivity contribution in [1.29, 1.82) is 0 Å². The lowest BCUT2D eigenvalue weighted by Crippen LogP contribution is -2.52. The number of guanidine groups is 1. The van der Waals surface area contributed by atoms with Crippen molar-refractivity contribution in [3.8, 4) is 11.5 Å². The molecule has 1 aromatic carbocycles. The summed E-state index contributed by atoms with van der Waals surface area (Å²) in [5.41, 5.74) is 1.14. The Morgan fingerprint density at radius 3 is 2.62 bits per heavy atom. The van der Waals surface area contributed by atoms with Crippen LogP contribution in [0.2, 0.25) is 0 Å². The summed E-state index contributed by atoms with van der Waals surface area (Å²) in [6, 6.07) is 5.93. The van der Waals surface area contributed by atoms with E-state index in [1.165, 1.54) is 0 Å². The number of nitrogens with zero attached hydrogens (tertiary/aromatic N) is 5. The van der Waals surface area contributed by atoms with E-state index in [-0.39, 0.29) is 0 Å². The van der Waals surface area contributed by atoms with E-state index in [4.69, 9.17) is 14.0 Å². The third-order valence-electron chi connectivity index (χ3n) is 4.96. The second-order valence-electron chi connectivity index (χ2n) is 6.90. The van der Waals surface area contributed by atoms with Gasteiger partial charge >= 0.3 is 0 Å². The van der Waals surface area contributed by atoms with Crippen LogP contribution in [0.4, 0.5) is 0 Å². The zero-order valence-corrected chi connectivity index (χ0v) is 17.6. The highest BCUT2D eigenvalue weighted by Crippen LogP contribution is 2.25. The van der Waals surface area contributed by atoms with Gasteiger partial charge in [-0.15, -0.1) is 0 Å². The van der Waals surface area contributed by atoms with Gasteiger partial charge in [0.1, 0.15) is 11.5 Å². The Labute approximate surface area is 171 Å². The molecule has 2 heterocycles. The molecule has 0 spiro atoms. The topological polar surface area (TPSA) is 88.2 Å². The molecule has 0 aliphatic carbocycles. The molecule has 1 aromatic heterocycles. The number of ether oxygens (including phenoxy) is 2. The van der Waals surface area contributed by atoms with Crippen LogP contribution in [0.5, 0.6) is 11.5 Å². The molecule has 2 aromatic rings. The van der Waals surface area contributed by atoms with E-state index in [2.05, 4.69) is 30.2 Å². The summed E-state index contributed by atoms with van der Waals surface area (Å²) in [4.78, 5) is 13.3. The van der Waals surface area contributed by atoms with E-state index in [1.807, 2.05) is 32.2 Å². The summed E-state index contributed by atoms with van der Waals surface area (Å²) in [7, 11) is 5.20. The summed E-state index contributed by atoms with van der Waals surface area (Å²) in [6.07, 6.45) is 0.676. The molecule has 158 valence electrons. The largest absolute Gasteiger partial charge is 0.497 e. The summed E-state index contributed by atoms with van der Waals surface area (Å²) in [5.74, 6) is 3.94. The van der Waals surface area contributed by atoms with E-state index in [0.717, 1.165) is 55.7 Å². The molecule has 0 radical (unpaired) electrons. The fourth-order valence-electron chi connectivity index (χ4n) is 3.42. The second kappa shape index (κ2) is 10.1. The Hall–Kier alpha value is -2.81. The lowest BCUT2D eigenvalue weighted by molar-refractivity contribution is 0.171. The van der Waals surface area contributed by atoms with Crippen LogP contribution in [0.1, 0.15) is 17.3 Å². The molecular formula is C20H30N6O3. The van der Waals surface area contributed by atoms with Gasteiger partial charge in [0.15, 0.2) is 11.8 Å². The highest BCUT2D eigenvalue weighted by molar-refractivity contribution is 5.80. The van der Waals surface area contributed by atoms with Crippen LogP contribution in [0.3, 0.4) is 0 Å². The molecule has 0 unspecified atom stereocenters. The standard InChI is InChI=1S/C20H30N6O3/c1-15-23-19(29-24-15)7-8-22-20(21-2)26-11-9-25(10-12-26)14-16-13-17(27-3)5-6-18(16)28-4/h5-6,13H,7-12,14H2,1-4H3,(H,21,22). The van der Waals surface area contributed by atoms with Crippen molar-refractivity contribution in [2.24, 2.45) is 4.99 Å². The predicted molar refractivity (Wildman–Crippen MR) is 110 cm³/mol. The predicted octanol–water partition coefficient (Wildman–Crippen LogP) is 1.33. The van der Waals surface area contributed by atoms with E-state index in [0.29, 0.717) is 24.7 Å². The van der Waals surface area contributed by atoms with Crippen LogP contribution in [0, 0.1) is 6.92 Å². The average molecular weight is 402 g/mol. The second-order valence-corrected chi connectivity index (χ2v) is 6.90. The lowest BCUT2D eigenvalue weighted by Gasteiger charge is -2.36. The van der Waals surface area contributed by atoms with Gasteiger partial charge < -0.3 is 24.2 Å². The van der Waals surface area contributed by atoms with Gasteiger partial charge in [0, 0.05) is 58.3 Å². The number of rotatable bonds is 7. The Kier molecular flexibility index (Phi) is 7.29. The first-order chi connectivity index (χ1) is 14.1. The zero-order chi connectivity index (χ0) is 20.6. The number of methoxy groups -OCH3 is 2. The molecule has 1 fully saturated rings. The van der Waals surface area contributed by atoms with E-state index in [1.54, 1.807) is 14.2 Å². The molecule has 9 nitrogen and oxygen atoms in total. The van der Waals surface area contributed by atoms with Gasteiger partial charge in [0.25, 0.3) is 0 Å². The quantitative estimate of drug-likeness (QED) is 0.548. The number of hydrogen-bond donors (Lipinski definition) is 1. The molecule has 1 aliphatic rings. The van der Waals surface area contributed by atoms with Crippen molar-refractivity contribution < 1.29 is 14.0 Å². The maximum atomic E-state index is 5.51. The molecule has 29 heavy (non-hydrogen) atoms. The number of piperazine rings is 1. The number of benzene rings is 1. The third kappa shape index (κ3) is 5.60. The molecule has 0 bridgehead atoms. The van der Waals surface area contributed by atoms with Crippen LogP contribution < -0.4 is 14.8 Å². The molecular weight excluding hydrogens is 372 g/mol. The molecule has 1 saturated heterocycles. The van der Waals surface area contributed by atoms with Gasteiger partial charge in [-0.1, -0.05) is 5.16 Å². The van der Waals surface area contributed by atoms with Crippen molar-refractivity contribution in [2.75, 3.05) is 54.0 Å². The highest BCUT2D eigenvalue weighted by Gasteiger charge is 2.21. The minimum Gasteiger partial charge on any atom is -0.497 e. The van der Waals surface area contributed by atoms with Gasteiger partial charge in [0.2, 0.25) is 5.89 Å². The van der Waals surface area contributed by atoms with Crippen LogP contribution in [-0.2, 0) is 13.0 Å². The number of aliphatic imine (C=N–C) groups is 1. The van der Waals surface area contributed by atoms with Gasteiger partial charge in [-0.05, 0) is 25.1 Å². The Balaban J connectivity index is 1.49. The number of aryl methyl sites for hydroxylation is 1. The first-order valence-electron chi connectivity index (χ1n) is 9.81. The number of nitrogens with one attached hydrogen (secondary N) is 1. The number of hydrogen-bond acceptors (Lipinski definition) is 7.